The van der Waals surface area contributed by atoms with E-state index in [1.165, 1.54) is 22.5 Å². The Hall–Kier alpha value is -3.30. The Bertz CT molecular complexity index is 1130. The van der Waals surface area contributed by atoms with E-state index in [1.54, 1.807) is 7.05 Å². The number of carbonyl (C=O) groups is 1. The Morgan fingerprint density at radius 3 is 2.52 bits per heavy atom. The van der Waals surface area contributed by atoms with Gasteiger partial charge >= 0.3 is 11.7 Å². The molecule has 142 valence electrons. The standard InChI is InChI=1S/C17H16F2N4O4/c1-21-9-20-14-13(21)15(24)23(17(26)22(14)2)7-4-8-27-16(25)12-10(18)5-3-6-11(12)19/h3,5-6,9H,4,7-8H2,1-2H3. The fourth-order valence-electron chi connectivity index (χ4n) is 2.75. The van der Waals surface area contributed by atoms with Gasteiger partial charge in [0.25, 0.3) is 5.56 Å². The van der Waals surface area contributed by atoms with E-state index in [4.69, 9.17) is 4.74 Å². The Labute approximate surface area is 151 Å². The number of rotatable bonds is 5. The second-order valence-corrected chi connectivity index (χ2v) is 5.91. The van der Waals surface area contributed by atoms with Crippen molar-refractivity contribution in [1.82, 2.24) is 18.7 Å². The predicted octanol–water partition coefficient (Wildman–Crippen LogP) is 0.959. The van der Waals surface area contributed by atoms with Crippen molar-refractivity contribution >= 4 is 17.1 Å². The smallest absolute Gasteiger partial charge is 0.344 e. The lowest BCUT2D eigenvalue weighted by Crippen LogP contribution is -2.39. The Morgan fingerprint density at radius 1 is 1.19 bits per heavy atom. The molecule has 0 saturated carbocycles. The van der Waals surface area contributed by atoms with Gasteiger partial charge in [0, 0.05) is 20.6 Å². The van der Waals surface area contributed by atoms with Gasteiger partial charge in [-0.3, -0.25) is 13.9 Å². The summed E-state index contributed by atoms with van der Waals surface area (Å²) in [6.45, 7) is -0.245. The quantitative estimate of drug-likeness (QED) is 0.487. The minimum Gasteiger partial charge on any atom is -0.462 e. The summed E-state index contributed by atoms with van der Waals surface area (Å²) in [6.07, 6.45) is 1.54. The molecule has 2 aromatic heterocycles. The first kappa shape index (κ1) is 18.5. The monoisotopic (exact) mass is 378 g/mol. The lowest BCUT2D eigenvalue weighted by atomic mass is 10.2. The normalized spacial score (nSPS) is 11.1. The first-order valence-corrected chi connectivity index (χ1v) is 8.05. The molecule has 0 aliphatic rings. The molecule has 0 fully saturated rings. The van der Waals surface area contributed by atoms with E-state index in [-0.39, 0.29) is 30.7 Å². The summed E-state index contributed by atoms with van der Waals surface area (Å²) >= 11 is 0. The number of hydrogen-bond acceptors (Lipinski definition) is 5. The third kappa shape index (κ3) is 3.25. The molecule has 27 heavy (non-hydrogen) atoms. The van der Waals surface area contributed by atoms with Gasteiger partial charge in [-0.1, -0.05) is 6.07 Å². The maximum atomic E-state index is 13.5. The van der Waals surface area contributed by atoms with Crippen LogP contribution in [0.25, 0.3) is 11.2 Å². The fraction of sp³-hybridized carbons (Fsp3) is 0.294. The number of benzene rings is 1. The average Bonchev–Trinajstić information content (AvgIpc) is 3.01. The fourth-order valence-corrected chi connectivity index (χ4v) is 2.75. The second kappa shape index (κ2) is 7.14. The maximum absolute atomic E-state index is 13.5. The van der Waals surface area contributed by atoms with Crippen LogP contribution in [0.3, 0.4) is 0 Å². The van der Waals surface area contributed by atoms with Crippen LogP contribution in [0.2, 0.25) is 0 Å². The molecule has 0 radical (unpaired) electrons. The summed E-state index contributed by atoms with van der Waals surface area (Å²) in [6, 6.07) is 3.04. The molecule has 0 spiro atoms. The van der Waals surface area contributed by atoms with Gasteiger partial charge in [-0.25, -0.2) is 23.4 Å². The molecule has 0 amide bonds. The summed E-state index contributed by atoms with van der Waals surface area (Å²) in [4.78, 5) is 40.7. The highest BCUT2D eigenvalue weighted by atomic mass is 19.1. The molecule has 2 heterocycles. The maximum Gasteiger partial charge on any atom is 0.344 e. The van der Waals surface area contributed by atoms with Crippen molar-refractivity contribution in [1.29, 1.82) is 0 Å². The SMILES string of the molecule is Cn1cnc2c1c(=O)n(CCCOC(=O)c1c(F)cccc1F)c(=O)n2C. The van der Waals surface area contributed by atoms with Crippen LogP contribution in [0.4, 0.5) is 8.78 Å². The van der Waals surface area contributed by atoms with E-state index in [0.29, 0.717) is 0 Å². The number of ether oxygens (including phenoxy) is 1. The molecular formula is C17H16F2N4O4. The van der Waals surface area contributed by atoms with Gasteiger partial charge in [-0.2, -0.15) is 0 Å². The minimum atomic E-state index is -1.15. The van der Waals surface area contributed by atoms with Crippen LogP contribution in [0.1, 0.15) is 16.8 Å². The summed E-state index contributed by atoms with van der Waals surface area (Å²) < 4.78 is 35.7. The molecule has 0 bridgehead atoms. The van der Waals surface area contributed by atoms with Crippen molar-refractivity contribution in [3.63, 3.8) is 0 Å². The zero-order valence-corrected chi connectivity index (χ0v) is 14.6. The summed E-state index contributed by atoms with van der Waals surface area (Å²) in [5.41, 5.74) is -1.31. The molecule has 1 aromatic carbocycles. The molecule has 10 heteroatoms. The van der Waals surface area contributed by atoms with Crippen LogP contribution in [-0.2, 0) is 25.4 Å². The van der Waals surface area contributed by atoms with Crippen molar-refractivity contribution < 1.29 is 18.3 Å². The van der Waals surface area contributed by atoms with Crippen molar-refractivity contribution in [2.24, 2.45) is 14.1 Å². The number of nitrogens with zero attached hydrogens (tertiary/aromatic N) is 4. The van der Waals surface area contributed by atoms with Crippen molar-refractivity contribution in [3.05, 3.63) is 62.6 Å². The van der Waals surface area contributed by atoms with Gasteiger partial charge in [-0.05, 0) is 18.6 Å². The van der Waals surface area contributed by atoms with E-state index in [0.717, 1.165) is 22.8 Å². The first-order chi connectivity index (χ1) is 12.8. The molecular weight excluding hydrogens is 362 g/mol. The van der Waals surface area contributed by atoms with Crippen molar-refractivity contribution in [2.45, 2.75) is 13.0 Å². The molecule has 3 rings (SSSR count). The summed E-state index contributed by atoms with van der Waals surface area (Å²) in [7, 11) is 3.13. The lowest BCUT2D eigenvalue weighted by molar-refractivity contribution is 0.0484. The number of aromatic nitrogens is 4. The van der Waals surface area contributed by atoms with E-state index >= 15 is 0 Å². The molecule has 0 aliphatic carbocycles. The van der Waals surface area contributed by atoms with Crippen LogP contribution < -0.4 is 11.2 Å². The molecule has 0 atom stereocenters. The van der Waals surface area contributed by atoms with E-state index < -0.39 is 34.4 Å². The largest absolute Gasteiger partial charge is 0.462 e. The van der Waals surface area contributed by atoms with E-state index in [2.05, 4.69) is 4.98 Å². The van der Waals surface area contributed by atoms with Crippen LogP contribution in [0.5, 0.6) is 0 Å². The summed E-state index contributed by atoms with van der Waals surface area (Å²) in [5.74, 6) is -3.19. The minimum absolute atomic E-state index is 0.0281. The van der Waals surface area contributed by atoms with Gasteiger partial charge in [0.05, 0.1) is 12.9 Å². The number of carbonyl (C=O) groups excluding carboxylic acids is 1. The molecule has 0 aliphatic heterocycles. The van der Waals surface area contributed by atoms with Crippen molar-refractivity contribution in [2.75, 3.05) is 6.61 Å². The predicted molar refractivity (Wildman–Crippen MR) is 91.5 cm³/mol. The number of imidazole rings is 1. The zero-order valence-electron chi connectivity index (χ0n) is 14.6. The Morgan fingerprint density at radius 2 is 1.85 bits per heavy atom. The van der Waals surface area contributed by atoms with E-state index in [1.807, 2.05) is 0 Å². The van der Waals surface area contributed by atoms with Gasteiger partial charge in [0.15, 0.2) is 11.2 Å². The number of fused-ring (bicyclic) bond motifs is 1. The topological polar surface area (TPSA) is 88.1 Å². The molecule has 0 N–H and O–H groups in total. The van der Waals surface area contributed by atoms with Gasteiger partial charge in [-0.15, -0.1) is 0 Å². The Balaban J connectivity index is 1.73. The number of aryl methyl sites for hydroxylation is 2. The molecule has 8 nitrogen and oxygen atoms in total. The van der Waals surface area contributed by atoms with Crippen LogP contribution >= 0.6 is 0 Å². The summed E-state index contributed by atoms with van der Waals surface area (Å²) in [5, 5.41) is 0. The zero-order chi connectivity index (χ0) is 19.7. The highest BCUT2D eigenvalue weighted by Crippen LogP contribution is 2.13. The number of esters is 1. The van der Waals surface area contributed by atoms with E-state index in [9.17, 15) is 23.2 Å². The third-order valence-electron chi connectivity index (χ3n) is 4.13. The number of hydrogen-bond donors (Lipinski definition) is 0. The third-order valence-corrected chi connectivity index (χ3v) is 4.13. The van der Waals surface area contributed by atoms with Gasteiger partial charge in [0.1, 0.15) is 17.2 Å². The van der Waals surface area contributed by atoms with Crippen LogP contribution in [0.15, 0.2) is 34.1 Å². The lowest BCUT2D eigenvalue weighted by Gasteiger charge is -2.09. The molecule has 0 saturated heterocycles. The molecule has 0 unspecified atom stereocenters. The van der Waals surface area contributed by atoms with Crippen LogP contribution in [-0.4, -0.2) is 31.3 Å². The highest BCUT2D eigenvalue weighted by molar-refractivity contribution is 5.90. The van der Waals surface area contributed by atoms with Crippen molar-refractivity contribution in [3.8, 4) is 0 Å². The number of halogens is 2. The first-order valence-electron chi connectivity index (χ1n) is 8.05. The van der Waals surface area contributed by atoms with Gasteiger partial charge < -0.3 is 9.30 Å². The Kier molecular flexibility index (Phi) is 4.89. The van der Waals surface area contributed by atoms with Gasteiger partial charge in [0.2, 0.25) is 0 Å². The van der Waals surface area contributed by atoms with Crippen LogP contribution in [0, 0.1) is 11.6 Å². The second-order valence-electron chi connectivity index (χ2n) is 5.91. The highest BCUT2D eigenvalue weighted by Gasteiger charge is 2.19. The molecule has 3 aromatic rings. The average molecular weight is 378 g/mol.